The van der Waals surface area contributed by atoms with Crippen LogP contribution in [-0.2, 0) is 6.42 Å². The molecule has 0 bridgehead atoms. The maximum Gasteiger partial charge on any atom is 0.346 e. The van der Waals surface area contributed by atoms with E-state index in [1.54, 1.807) is 12.4 Å². The second-order valence-electron chi connectivity index (χ2n) is 5.86. The fourth-order valence-electron chi connectivity index (χ4n) is 2.97. The molecule has 0 aliphatic rings. The standard InChI is InChI=1S/C21H15NO2S/c23-21(24)20-18(13-19(25-20)16-7-9-22-10-8-16)12-14-5-6-15-3-1-2-4-17(15)11-14/h1-11,13H,12H2,(H,23,24). The number of thiophene rings is 1. The van der Waals surface area contributed by atoms with E-state index in [-0.39, 0.29) is 0 Å². The molecule has 122 valence electrons. The van der Waals surface area contributed by atoms with Gasteiger partial charge in [0.1, 0.15) is 4.88 Å². The summed E-state index contributed by atoms with van der Waals surface area (Å²) in [5.41, 5.74) is 2.95. The average Bonchev–Trinajstić information content (AvgIpc) is 3.06. The zero-order chi connectivity index (χ0) is 17.2. The Labute approximate surface area is 149 Å². The second kappa shape index (κ2) is 6.49. The minimum absolute atomic E-state index is 0.403. The van der Waals surface area contributed by atoms with Crippen molar-refractivity contribution in [2.24, 2.45) is 0 Å². The smallest absolute Gasteiger partial charge is 0.346 e. The van der Waals surface area contributed by atoms with Crippen molar-refractivity contribution in [1.29, 1.82) is 0 Å². The highest BCUT2D eigenvalue weighted by molar-refractivity contribution is 7.17. The predicted octanol–water partition coefficient (Wildman–Crippen LogP) is 5.25. The van der Waals surface area contributed by atoms with E-state index in [0.717, 1.165) is 21.6 Å². The van der Waals surface area contributed by atoms with Gasteiger partial charge in [-0.25, -0.2) is 4.79 Å². The van der Waals surface area contributed by atoms with Gasteiger partial charge < -0.3 is 5.11 Å². The van der Waals surface area contributed by atoms with Gasteiger partial charge in [0.05, 0.1) is 0 Å². The molecule has 0 amide bonds. The lowest BCUT2D eigenvalue weighted by Gasteiger charge is -2.04. The highest BCUT2D eigenvalue weighted by atomic mass is 32.1. The number of benzene rings is 2. The van der Waals surface area contributed by atoms with Crippen LogP contribution in [0.1, 0.15) is 20.8 Å². The molecule has 2 heterocycles. The summed E-state index contributed by atoms with van der Waals surface area (Å²) >= 11 is 1.32. The highest BCUT2D eigenvalue weighted by Crippen LogP contribution is 2.33. The third-order valence-electron chi connectivity index (χ3n) is 4.18. The molecule has 2 aromatic carbocycles. The van der Waals surface area contributed by atoms with Crippen LogP contribution < -0.4 is 0 Å². The molecule has 4 aromatic rings. The van der Waals surface area contributed by atoms with E-state index in [1.165, 1.54) is 22.1 Å². The van der Waals surface area contributed by atoms with E-state index in [9.17, 15) is 9.90 Å². The monoisotopic (exact) mass is 345 g/mol. The van der Waals surface area contributed by atoms with Crippen LogP contribution in [0, 0.1) is 0 Å². The molecule has 0 aliphatic carbocycles. The molecule has 0 unspecified atom stereocenters. The SMILES string of the molecule is O=C(O)c1sc(-c2ccncc2)cc1Cc1ccc2ccccc2c1. The van der Waals surface area contributed by atoms with Crippen molar-refractivity contribution in [3.8, 4) is 10.4 Å². The Kier molecular flexibility index (Phi) is 4.04. The molecule has 0 radical (unpaired) electrons. The third-order valence-corrected chi connectivity index (χ3v) is 5.39. The molecule has 3 nitrogen and oxygen atoms in total. The van der Waals surface area contributed by atoms with Crippen LogP contribution in [-0.4, -0.2) is 16.1 Å². The summed E-state index contributed by atoms with van der Waals surface area (Å²) in [6.07, 6.45) is 4.05. The maximum absolute atomic E-state index is 11.7. The van der Waals surface area contributed by atoms with Gasteiger partial charge in [-0.05, 0) is 52.1 Å². The number of aromatic nitrogens is 1. The molecule has 0 saturated carbocycles. The minimum atomic E-state index is -0.874. The Bertz CT molecular complexity index is 1050. The van der Waals surface area contributed by atoms with Crippen LogP contribution >= 0.6 is 11.3 Å². The van der Waals surface area contributed by atoms with Crippen LogP contribution in [0.15, 0.2) is 73.1 Å². The molecule has 2 aromatic heterocycles. The predicted molar refractivity (Wildman–Crippen MR) is 101 cm³/mol. The first-order valence-electron chi connectivity index (χ1n) is 7.95. The Morgan fingerprint density at radius 2 is 1.72 bits per heavy atom. The summed E-state index contributed by atoms with van der Waals surface area (Å²) in [5, 5.41) is 11.9. The van der Waals surface area contributed by atoms with Crippen LogP contribution in [0.25, 0.3) is 21.2 Å². The summed E-state index contributed by atoms with van der Waals surface area (Å²) < 4.78 is 0. The number of hydrogen-bond acceptors (Lipinski definition) is 3. The number of carboxylic acids is 1. The largest absolute Gasteiger partial charge is 0.477 e. The molecule has 0 aliphatic heterocycles. The topological polar surface area (TPSA) is 50.2 Å². The van der Waals surface area contributed by atoms with Crippen LogP contribution in [0.5, 0.6) is 0 Å². The first kappa shape index (κ1) is 15.5. The number of carbonyl (C=O) groups is 1. The zero-order valence-corrected chi connectivity index (χ0v) is 14.2. The first-order chi connectivity index (χ1) is 12.2. The Balaban J connectivity index is 1.73. The van der Waals surface area contributed by atoms with Crippen LogP contribution in [0.2, 0.25) is 0 Å². The molecule has 4 rings (SSSR count). The van der Waals surface area contributed by atoms with Gasteiger partial charge in [-0.15, -0.1) is 11.3 Å². The third kappa shape index (κ3) is 3.16. The van der Waals surface area contributed by atoms with Gasteiger partial charge in [0.25, 0.3) is 0 Å². The number of carboxylic acid groups (broad SMARTS) is 1. The molecular formula is C21H15NO2S. The van der Waals surface area contributed by atoms with Crippen LogP contribution in [0.4, 0.5) is 0 Å². The molecule has 4 heteroatoms. The van der Waals surface area contributed by atoms with Crippen molar-refractivity contribution in [2.75, 3.05) is 0 Å². The van der Waals surface area contributed by atoms with E-state index < -0.39 is 5.97 Å². The number of rotatable bonds is 4. The van der Waals surface area contributed by atoms with Crippen molar-refractivity contribution < 1.29 is 9.90 Å². The molecule has 0 atom stereocenters. The van der Waals surface area contributed by atoms with Crippen molar-refractivity contribution >= 4 is 28.1 Å². The van der Waals surface area contributed by atoms with Crippen molar-refractivity contribution in [3.63, 3.8) is 0 Å². The van der Waals surface area contributed by atoms with Gasteiger partial charge in [0.2, 0.25) is 0 Å². The molecule has 0 spiro atoms. The van der Waals surface area contributed by atoms with E-state index >= 15 is 0 Å². The van der Waals surface area contributed by atoms with Crippen molar-refractivity contribution in [1.82, 2.24) is 4.98 Å². The molecule has 0 saturated heterocycles. The van der Waals surface area contributed by atoms with Gasteiger partial charge in [-0.1, -0.05) is 42.5 Å². The molecule has 1 N–H and O–H groups in total. The Morgan fingerprint density at radius 3 is 2.48 bits per heavy atom. The van der Waals surface area contributed by atoms with Gasteiger partial charge in [0.15, 0.2) is 0 Å². The summed E-state index contributed by atoms with van der Waals surface area (Å²) in [6, 6.07) is 20.3. The highest BCUT2D eigenvalue weighted by Gasteiger charge is 2.16. The van der Waals surface area contributed by atoms with Crippen molar-refractivity contribution in [2.45, 2.75) is 6.42 Å². The zero-order valence-electron chi connectivity index (χ0n) is 13.3. The Hall–Kier alpha value is -2.98. The second-order valence-corrected chi connectivity index (χ2v) is 6.92. The fraction of sp³-hybridized carbons (Fsp3) is 0.0476. The minimum Gasteiger partial charge on any atom is -0.477 e. The lowest BCUT2D eigenvalue weighted by molar-refractivity contribution is 0.0701. The molecule has 0 fully saturated rings. The summed E-state index contributed by atoms with van der Waals surface area (Å²) in [4.78, 5) is 17.0. The van der Waals surface area contributed by atoms with E-state index in [2.05, 4.69) is 35.3 Å². The summed E-state index contributed by atoms with van der Waals surface area (Å²) in [7, 11) is 0. The Morgan fingerprint density at radius 1 is 0.960 bits per heavy atom. The van der Waals surface area contributed by atoms with Gasteiger partial charge in [-0.3, -0.25) is 4.98 Å². The summed E-state index contributed by atoms with van der Waals surface area (Å²) in [5.74, 6) is -0.874. The quantitative estimate of drug-likeness (QED) is 0.549. The van der Waals surface area contributed by atoms with Crippen molar-refractivity contribution in [3.05, 3.63) is 89.1 Å². The molecular weight excluding hydrogens is 330 g/mol. The summed E-state index contributed by atoms with van der Waals surface area (Å²) in [6.45, 7) is 0. The van der Waals surface area contributed by atoms with E-state index in [1.807, 2.05) is 30.3 Å². The van der Waals surface area contributed by atoms with E-state index in [4.69, 9.17) is 0 Å². The van der Waals surface area contributed by atoms with Gasteiger partial charge >= 0.3 is 5.97 Å². The molecule has 25 heavy (non-hydrogen) atoms. The fourth-order valence-corrected chi connectivity index (χ4v) is 3.99. The van der Waals surface area contributed by atoms with Gasteiger partial charge in [0, 0.05) is 17.3 Å². The van der Waals surface area contributed by atoms with Crippen LogP contribution in [0.3, 0.4) is 0 Å². The average molecular weight is 345 g/mol. The first-order valence-corrected chi connectivity index (χ1v) is 8.76. The number of fused-ring (bicyclic) bond motifs is 1. The maximum atomic E-state index is 11.7. The van der Waals surface area contributed by atoms with Gasteiger partial charge in [-0.2, -0.15) is 0 Å². The normalized spacial score (nSPS) is 10.9. The van der Waals surface area contributed by atoms with E-state index in [0.29, 0.717) is 11.3 Å². The number of hydrogen-bond donors (Lipinski definition) is 1. The number of nitrogens with zero attached hydrogens (tertiary/aromatic N) is 1. The number of aromatic carboxylic acids is 1. The lowest BCUT2D eigenvalue weighted by Crippen LogP contribution is -1.98. The number of pyridine rings is 1. The lowest BCUT2D eigenvalue weighted by atomic mass is 10.0.